The number of esters is 1. The number of nitrogens with one attached hydrogen (secondary N) is 3. The Hall–Kier alpha value is -3.14. The third-order valence-electron chi connectivity index (χ3n) is 4.48. The number of aryl methyl sites for hydroxylation is 1. The minimum absolute atomic E-state index is 0.0906. The molecule has 2 aromatic rings. The zero-order chi connectivity index (χ0) is 21.9. The molecule has 30 heavy (non-hydrogen) atoms. The molecule has 0 unspecified atom stereocenters. The van der Waals surface area contributed by atoms with Gasteiger partial charge >= 0.3 is 5.97 Å². The van der Waals surface area contributed by atoms with E-state index in [4.69, 9.17) is 4.74 Å². The molecule has 0 aliphatic carbocycles. The van der Waals surface area contributed by atoms with E-state index >= 15 is 0 Å². The van der Waals surface area contributed by atoms with Gasteiger partial charge in [-0.3, -0.25) is 9.52 Å². The van der Waals surface area contributed by atoms with Gasteiger partial charge in [0.25, 0.3) is 10.0 Å². The maximum absolute atomic E-state index is 14.6. The number of hydrogen-bond acceptors (Lipinski definition) is 6. The predicted molar refractivity (Wildman–Crippen MR) is 111 cm³/mol. The fraction of sp³-hybridized carbons (Fsp3) is 0.300. The van der Waals surface area contributed by atoms with Crippen LogP contribution in [0.5, 0.6) is 0 Å². The molecule has 0 aromatic heterocycles. The van der Waals surface area contributed by atoms with Crippen molar-refractivity contribution in [3.05, 3.63) is 47.3 Å². The number of sulfonamides is 1. The fourth-order valence-electron chi connectivity index (χ4n) is 3.10. The molecule has 0 bridgehead atoms. The van der Waals surface area contributed by atoms with Crippen molar-refractivity contribution in [3.8, 4) is 0 Å². The van der Waals surface area contributed by atoms with Crippen LogP contribution in [0.2, 0.25) is 0 Å². The minimum Gasteiger partial charge on any atom is -0.462 e. The quantitative estimate of drug-likeness (QED) is 0.576. The molecule has 3 rings (SSSR count). The lowest BCUT2D eigenvalue weighted by Gasteiger charge is -2.19. The SMILES string of the molecule is CCNc1ccc(C(=O)OCC)cc1NS(=O)(=O)c1cc2c(cc1F)NC(=O)CC2. The largest absolute Gasteiger partial charge is 0.462 e. The molecule has 0 saturated heterocycles. The molecule has 0 radical (unpaired) electrons. The van der Waals surface area contributed by atoms with Crippen LogP contribution in [-0.2, 0) is 26.0 Å². The summed E-state index contributed by atoms with van der Waals surface area (Å²) in [4.78, 5) is 23.0. The fourth-order valence-corrected chi connectivity index (χ4v) is 4.28. The highest BCUT2D eigenvalue weighted by atomic mass is 32.2. The first-order valence-corrected chi connectivity index (χ1v) is 10.9. The van der Waals surface area contributed by atoms with Crippen molar-refractivity contribution >= 4 is 39.0 Å². The zero-order valence-corrected chi connectivity index (χ0v) is 17.4. The summed E-state index contributed by atoms with van der Waals surface area (Å²) in [6, 6.07) is 6.61. The van der Waals surface area contributed by atoms with Gasteiger partial charge in [0.2, 0.25) is 5.91 Å². The van der Waals surface area contributed by atoms with Gasteiger partial charge in [0.1, 0.15) is 10.7 Å². The van der Waals surface area contributed by atoms with Crippen LogP contribution in [0.3, 0.4) is 0 Å². The van der Waals surface area contributed by atoms with Gasteiger partial charge in [0.05, 0.1) is 23.5 Å². The zero-order valence-electron chi connectivity index (χ0n) is 16.5. The van der Waals surface area contributed by atoms with Crippen molar-refractivity contribution in [1.29, 1.82) is 0 Å². The molecule has 1 aliphatic rings. The minimum atomic E-state index is -4.32. The van der Waals surface area contributed by atoms with E-state index in [1.165, 1.54) is 18.2 Å². The Kier molecular flexibility index (Phi) is 6.25. The average molecular weight is 435 g/mol. The number of fused-ring (bicyclic) bond motifs is 1. The van der Waals surface area contributed by atoms with Crippen molar-refractivity contribution in [2.24, 2.45) is 0 Å². The molecule has 160 valence electrons. The smallest absolute Gasteiger partial charge is 0.338 e. The Morgan fingerprint density at radius 1 is 1.17 bits per heavy atom. The van der Waals surface area contributed by atoms with Crippen LogP contribution < -0.4 is 15.4 Å². The summed E-state index contributed by atoms with van der Waals surface area (Å²) < 4.78 is 47.8. The highest BCUT2D eigenvalue weighted by Crippen LogP contribution is 2.31. The van der Waals surface area contributed by atoms with Crippen molar-refractivity contribution in [3.63, 3.8) is 0 Å². The molecule has 10 heteroatoms. The topological polar surface area (TPSA) is 114 Å². The van der Waals surface area contributed by atoms with Crippen LogP contribution in [0.1, 0.15) is 36.2 Å². The van der Waals surface area contributed by atoms with Gasteiger partial charge in [-0.15, -0.1) is 0 Å². The molecule has 8 nitrogen and oxygen atoms in total. The maximum Gasteiger partial charge on any atom is 0.338 e. The maximum atomic E-state index is 14.6. The summed E-state index contributed by atoms with van der Waals surface area (Å²) in [5.74, 6) is -1.84. The third-order valence-corrected chi connectivity index (χ3v) is 5.87. The van der Waals surface area contributed by atoms with Gasteiger partial charge in [-0.1, -0.05) is 0 Å². The Morgan fingerprint density at radius 3 is 2.63 bits per heavy atom. The summed E-state index contributed by atoms with van der Waals surface area (Å²) in [7, 11) is -4.32. The number of amides is 1. The summed E-state index contributed by atoms with van der Waals surface area (Å²) in [5, 5.41) is 5.53. The average Bonchev–Trinajstić information content (AvgIpc) is 2.68. The first kappa shape index (κ1) is 21.6. The molecule has 2 aromatic carbocycles. The van der Waals surface area contributed by atoms with Crippen LogP contribution in [-0.4, -0.2) is 33.4 Å². The Morgan fingerprint density at radius 2 is 1.93 bits per heavy atom. The van der Waals surface area contributed by atoms with E-state index < -0.39 is 26.7 Å². The Labute approximate surface area is 173 Å². The second-order valence-corrected chi connectivity index (χ2v) is 8.26. The van der Waals surface area contributed by atoms with Gasteiger partial charge in [-0.05, 0) is 56.2 Å². The highest BCUT2D eigenvalue weighted by molar-refractivity contribution is 7.92. The molecule has 0 spiro atoms. The number of halogens is 1. The van der Waals surface area contributed by atoms with Crippen molar-refractivity contribution < 1.29 is 27.1 Å². The lowest BCUT2D eigenvalue weighted by atomic mass is 10.0. The molecule has 1 heterocycles. The first-order valence-electron chi connectivity index (χ1n) is 9.45. The van der Waals surface area contributed by atoms with Crippen molar-refractivity contribution in [1.82, 2.24) is 0 Å². The molecule has 1 aliphatic heterocycles. The van der Waals surface area contributed by atoms with Crippen LogP contribution in [0, 0.1) is 5.82 Å². The molecular formula is C20H22FN3O5S. The van der Waals surface area contributed by atoms with Crippen LogP contribution in [0.15, 0.2) is 35.2 Å². The molecule has 0 atom stereocenters. The van der Waals surface area contributed by atoms with E-state index in [1.54, 1.807) is 13.0 Å². The highest BCUT2D eigenvalue weighted by Gasteiger charge is 2.25. The van der Waals surface area contributed by atoms with Gasteiger partial charge in [-0.2, -0.15) is 0 Å². The van der Waals surface area contributed by atoms with Gasteiger partial charge in [0.15, 0.2) is 0 Å². The number of carbonyl (C=O) groups excluding carboxylic acids is 2. The molecule has 1 amide bonds. The molecular weight excluding hydrogens is 413 g/mol. The number of ether oxygens (including phenoxy) is 1. The monoisotopic (exact) mass is 435 g/mol. The van der Waals surface area contributed by atoms with Gasteiger partial charge in [0, 0.05) is 18.7 Å². The second kappa shape index (κ2) is 8.70. The lowest BCUT2D eigenvalue weighted by Crippen LogP contribution is -2.21. The van der Waals surface area contributed by atoms with E-state index in [0.717, 1.165) is 6.07 Å². The van der Waals surface area contributed by atoms with Crippen molar-refractivity contribution in [2.45, 2.75) is 31.6 Å². The van der Waals surface area contributed by atoms with Gasteiger partial charge < -0.3 is 15.4 Å². The molecule has 3 N–H and O–H groups in total. The Bertz CT molecular complexity index is 1100. The number of carbonyl (C=O) groups is 2. The standard InChI is InChI=1S/C20H22FN3O5S/c1-3-22-15-7-5-13(20(26)29-4-2)9-17(15)24-30(27,28)18-10-12-6-8-19(25)23-16(12)11-14(18)21/h5,7,9-11,22,24H,3-4,6,8H2,1-2H3,(H,23,25). The van der Waals surface area contributed by atoms with E-state index in [-0.39, 0.29) is 35.9 Å². The molecule has 0 fully saturated rings. The Balaban J connectivity index is 1.99. The van der Waals surface area contributed by atoms with E-state index in [1.807, 2.05) is 6.92 Å². The predicted octanol–water partition coefficient (Wildman–Crippen LogP) is 3.12. The van der Waals surface area contributed by atoms with Gasteiger partial charge in [-0.25, -0.2) is 17.6 Å². The number of rotatable bonds is 7. The summed E-state index contributed by atoms with van der Waals surface area (Å²) >= 11 is 0. The third kappa shape index (κ3) is 4.54. The number of hydrogen-bond donors (Lipinski definition) is 3. The normalized spacial score (nSPS) is 13.2. The van der Waals surface area contributed by atoms with E-state index in [2.05, 4.69) is 15.4 Å². The second-order valence-electron chi connectivity index (χ2n) is 6.60. The van der Waals surface area contributed by atoms with E-state index in [9.17, 15) is 22.4 Å². The lowest BCUT2D eigenvalue weighted by molar-refractivity contribution is -0.116. The van der Waals surface area contributed by atoms with Crippen molar-refractivity contribution in [2.75, 3.05) is 28.5 Å². The number of anilines is 3. The summed E-state index contributed by atoms with van der Waals surface area (Å²) in [6.07, 6.45) is 0.503. The number of benzene rings is 2. The van der Waals surface area contributed by atoms with Crippen LogP contribution >= 0.6 is 0 Å². The molecule has 0 saturated carbocycles. The van der Waals surface area contributed by atoms with E-state index in [0.29, 0.717) is 24.2 Å². The summed E-state index contributed by atoms with van der Waals surface area (Å²) in [5.41, 5.74) is 1.47. The van der Waals surface area contributed by atoms with Crippen LogP contribution in [0.25, 0.3) is 0 Å². The first-order chi connectivity index (χ1) is 14.2. The summed E-state index contributed by atoms with van der Waals surface area (Å²) in [6.45, 7) is 4.16. The van der Waals surface area contributed by atoms with Crippen LogP contribution in [0.4, 0.5) is 21.5 Å².